The van der Waals surface area contributed by atoms with Crippen molar-refractivity contribution < 1.29 is 0 Å². The van der Waals surface area contributed by atoms with Crippen LogP contribution in [0.2, 0.25) is 11.5 Å². The third-order valence-electron chi connectivity index (χ3n) is 12.7. The number of nitrogens with zero attached hydrogens (tertiary/aromatic N) is 10. The summed E-state index contributed by atoms with van der Waals surface area (Å²) in [7, 11) is 0. The van der Waals surface area contributed by atoms with E-state index in [1.54, 1.807) is 0 Å². The number of anilines is 6. The number of rotatable bonds is 4. The second-order valence-corrected chi connectivity index (χ2v) is 30.6. The van der Waals surface area contributed by atoms with Crippen molar-refractivity contribution in [3.05, 3.63) is 182 Å². The molecule has 60 heavy (non-hydrogen) atoms. The Bertz CT molecular complexity index is 3100. The molecule has 2 aliphatic rings. The summed E-state index contributed by atoms with van der Waals surface area (Å²) in [4.78, 5) is 26.1. The minimum atomic E-state index is -3.74. The van der Waals surface area contributed by atoms with Crippen molar-refractivity contribution in [2.24, 2.45) is 0 Å². The number of imidazole rings is 4. The van der Waals surface area contributed by atoms with E-state index in [1.807, 2.05) is 0 Å². The van der Waals surface area contributed by atoms with Crippen molar-refractivity contribution in [2.45, 2.75) is 11.5 Å². The van der Waals surface area contributed by atoms with Crippen molar-refractivity contribution in [3.63, 3.8) is 0 Å². The molecular formula is C48H36Ge2N10. The van der Waals surface area contributed by atoms with Gasteiger partial charge in [-0.3, -0.25) is 0 Å². The van der Waals surface area contributed by atoms with Gasteiger partial charge in [-0.15, -0.1) is 0 Å². The maximum atomic E-state index is 5.40. The molecule has 0 N–H and O–H groups in total. The van der Waals surface area contributed by atoms with Gasteiger partial charge in [-0.25, -0.2) is 0 Å². The molecule has 0 atom stereocenters. The molecule has 0 unspecified atom stereocenters. The van der Waals surface area contributed by atoms with Crippen LogP contribution in [-0.2, 0) is 0 Å². The van der Waals surface area contributed by atoms with E-state index < -0.39 is 27.4 Å². The molecule has 7 aromatic carbocycles. The van der Waals surface area contributed by atoms with Gasteiger partial charge in [0.05, 0.1) is 0 Å². The molecular weight excluding hydrogens is 862 g/mol. The van der Waals surface area contributed by atoms with Crippen LogP contribution in [0.15, 0.2) is 182 Å². The van der Waals surface area contributed by atoms with Gasteiger partial charge in [-0.2, -0.15) is 0 Å². The van der Waals surface area contributed by atoms with Crippen LogP contribution in [0.4, 0.5) is 35.2 Å². The Labute approximate surface area is 350 Å². The molecule has 0 aliphatic carbocycles. The first kappa shape index (κ1) is 34.0. The molecule has 0 bridgehead atoms. The Hall–Kier alpha value is -6.89. The molecule has 0 saturated carbocycles. The van der Waals surface area contributed by atoms with Crippen LogP contribution in [0, 0.1) is 0 Å². The summed E-state index contributed by atoms with van der Waals surface area (Å²) in [5.41, 5.74) is 10.5. The Morgan fingerprint density at radius 2 is 0.550 bits per heavy atom. The summed E-state index contributed by atoms with van der Waals surface area (Å²) in [6.07, 6.45) is 0. The van der Waals surface area contributed by atoms with Crippen LogP contribution in [-0.4, -0.2) is 61.5 Å². The van der Waals surface area contributed by atoms with E-state index in [-0.39, 0.29) is 0 Å². The Morgan fingerprint density at radius 3 is 0.833 bits per heavy atom. The predicted molar refractivity (Wildman–Crippen MR) is 246 cm³/mol. The Kier molecular flexibility index (Phi) is 6.98. The predicted octanol–water partition coefficient (Wildman–Crippen LogP) is 9.40. The molecule has 13 rings (SSSR count). The van der Waals surface area contributed by atoms with Gasteiger partial charge in [0.25, 0.3) is 0 Å². The molecule has 4 aromatic heterocycles. The zero-order valence-corrected chi connectivity index (χ0v) is 37.0. The molecule has 6 heterocycles. The molecule has 2 aliphatic heterocycles. The first-order valence-corrected chi connectivity index (χ1v) is 30.3. The second kappa shape index (κ2) is 12.3. The summed E-state index contributed by atoms with van der Waals surface area (Å²) in [6.45, 7) is 0. The second-order valence-electron chi connectivity index (χ2n) is 15.9. The van der Waals surface area contributed by atoms with Crippen LogP contribution in [0.5, 0.6) is 0 Å². The van der Waals surface area contributed by atoms with Crippen molar-refractivity contribution in [1.29, 1.82) is 0 Å². The fourth-order valence-corrected chi connectivity index (χ4v) is 26.4. The topological polar surface area (TPSA) is 77.8 Å². The van der Waals surface area contributed by atoms with E-state index in [1.165, 1.54) is 8.79 Å². The third-order valence-corrected chi connectivity index (χ3v) is 29.7. The zero-order valence-electron chi connectivity index (χ0n) is 32.8. The van der Waals surface area contributed by atoms with E-state index in [2.05, 4.69) is 217 Å². The van der Waals surface area contributed by atoms with Crippen LogP contribution < -0.4 is 18.6 Å². The normalized spacial score (nSPS) is 15.0. The van der Waals surface area contributed by atoms with Crippen molar-refractivity contribution in [3.8, 4) is 0 Å². The van der Waals surface area contributed by atoms with Crippen molar-refractivity contribution in [1.82, 2.24) is 34.0 Å². The first-order valence-electron chi connectivity index (χ1n) is 20.3. The average molecular weight is 898 g/mol. The number of hydrogen-bond acceptors (Lipinski definition) is 6. The minimum absolute atomic E-state index is 0.902. The molecule has 0 fully saturated rings. The molecule has 11 aromatic rings. The summed E-state index contributed by atoms with van der Waals surface area (Å²) in [5, 5.41) is 0. The Balaban J connectivity index is 1.08. The molecule has 0 spiro atoms. The SMILES string of the molecule is [CH3][Ge]1([c]2cc[c]([Ge]3([CH3])[n]4c(nc5ccccc54)N(c4ccccc4)c4nc5ccccc5[n]43)cc2)[n]2c(nc3ccccc32)N(c2ccccc2)c2nc3ccccc3[n]21. The van der Waals surface area contributed by atoms with Gasteiger partial charge in [0.1, 0.15) is 0 Å². The van der Waals surface area contributed by atoms with E-state index in [4.69, 9.17) is 19.9 Å². The molecule has 10 nitrogen and oxygen atoms in total. The number of aromatic nitrogens is 8. The zero-order chi connectivity index (χ0) is 39.7. The van der Waals surface area contributed by atoms with Gasteiger partial charge in [-0.1, -0.05) is 0 Å². The molecule has 12 heteroatoms. The summed E-state index contributed by atoms with van der Waals surface area (Å²) in [5.74, 6) is 8.60. The van der Waals surface area contributed by atoms with Crippen LogP contribution >= 0.6 is 0 Å². The van der Waals surface area contributed by atoms with Crippen LogP contribution in [0.25, 0.3) is 44.1 Å². The third kappa shape index (κ3) is 4.38. The van der Waals surface area contributed by atoms with Gasteiger partial charge < -0.3 is 0 Å². The standard InChI is InChI=1S/C48H36Ge2N10/c1-49(57-41-25-13-9-21-37(41)51-45(57)55(35-17-5-3-6-18-35)46-52-38-22-10-14-26-42(38)58(46)49)33-29-31-34(32-30-33)50(2)59-43-27-15-11-23-39(43)53-47(59)56(36-19-7-4-8-20-36)48-54-40-24-12-16-28-44(40)60(48)50/h3-32H,1-2H3. The van der Waals surface area contributed by atoms with Crippen LogP contribution in [0.1, 0.15) is 0 Å². The van der Waals surface area contributed by atoms with E-state index >= 15 is 0 Å². The van der Waals surface area contributed by atoms with Gasteiger partial charge in [0, 0.05) is 0 Å². The average Bonchev–Trinajstić information content (AvgIpc) is 4.08. The van der Waals surface area contributed by atoms with Gasteiger partial charge in [0.2, 0.25) is 0 Å². The molecule has 286 valence electrons. The van der Waals surface area contributed by atoms with E-state index in [0.717, 1.165) is 79.3 Å². The van der Waals surface area contributed by atoms with Crippen molar-refractivity contribution >= 4 is 116 Å². The fourth-order valence-electron chi connectivity index (χ4n) is 9.98. The van der Waals surface area contributed by atoms with Gasteiger partial charge in [-0.05, 0) is 0 Å². The Morgan fingerprint density at radius 1 is 0.300 bits per heavy atom. The molecule has 0 radical (unpaired) electrons. The number of fused-ring (bicyclic) bond motifs is 12. The van der Waals surface area contributed by atoms with Gasteiger partial charge >= 0.3 is 353 Å². The maximum absolute atomic E-state index is 5.40. The van der Waals surface area contributed by atoms with Crippen LogP contribution in [0.3, 0.4) is 0 Å². The molecule has 0 saturated heterocycles. The fraction of sp³-hybridized carbons (Fsp3) is 0.0417. The summed E-state index contributed by atoms with van der Waals surface area (Å²) < 4.78 is 13.0. The number of benzene rings is 7. The first-order chi connectivity index (χ1) is 29.5. The summed E-state index contributed by atoms with van der Waals surface area (Å²) >= 11 is -7.48. The number of para-hydroxylation sites is 10. The summed E-state index contributed by atoms with van der Waals surface area (Å²) in [6, 6.07) is 65.0. The van der Waals surface area contributed by atoms with Crippen molar-refractivity contribution in [2.75, 3.05) is 9.80 Å². The number of hydrogen-bond donors (Lipinski definition) is 0. The molecule has 0 amide bonds. The monoisotopic (exact) mass is 900 g/mol. The van der Waals surface area contributed by atoms with E-state index in [9.17, 15) is 0 Å². The van der Waals surface area contributed by atoms with E-state index in [0.29, 0.717) is 0 Å². The van der Waals surface area contributed by atoms with Gasteiger partial charge in [0.15, 0.2) is 0 Å². The quantitative estimate of drug-likeness (QED) is 0.164.